The molecule has 0 radical (unpaired) electrons. The zero-order valence-electron chi connectivity index (χ0n) is 10.5. The number of aliphatic hydroxyl groups excluding tert-OH is 1. The summed E-state index contributed by atoms with van der Waals surface area (Å²) >= 11 is 0. The van der Waals surface area contributed by atoms with Crippen LogP contribution in [-0.2, 0) is 11.2 Å². The third-order valence-electron chi connectivity index (χ3n) is 3.97. The molecule has 3 rings (SSSR count). The van der Waals surface area contributed by atoms with E-state index in [9.17, 15) is 5.11 Å². The monoisotopic (exact) mass is 252 g/mol. The van der Waals surface area contributed by atoms with Crippen LogP contribution in [0.4, 0.5) is 0 Å². The Labute approximate surface area is 107 Å². The number of rotatable bonds is 3. The molecule has 1 aliphatic heterocycles. The largest absolute Gasteiger partial charge is 0.393 e. The van der Waals surface area contributed by atoms with Crippen LogP contribution < -0.4 is 0 Å². The second kappa shape index (κ2) is 5.36. The van der Waals surface area contributed by atoms with Gasteiger partial charge in [-0.15, -0.1) is 0 Å². The molecule has 1 saturated heterocycles. The van der Waals surface area contributed by atoms with E-state index in [0.29, 0.717) is 11.8 Å². The number of hydrogen-bond acceptors (Lipinski definition) is 5. The quantitative estimate of drug-likeness (QED) is 0.886. The van der Waals surface area contributed by atoms with Crippen molar-refractivity contribution in [1.82, 2.24) is 10.1 Å². The normalized spacial score (nSPS) is 32.8. The van der Waals surface area contributed by atoms with Gasteiger partial charge in [0.15, 0.2) is 5.82 Å². The van der Waals surface area contributed by atoms with Crippen LogP contribution in [0.15, 0.2) is 4.52 Å². The topological polar surface area (TPSA) is 68.4 Å². The molecule has 2 fully saturated rings. The lowest BCUT2D eigenvalue weighted by Gasteiger charge is -2.22. The molecule has 100 valence electrons. The minimum Gasteiger partial charge on any atom is -0.393 e. The van der Waals surface area contributed by atoms with E-state index in [4.69, 9.17) is 9.26 Å². The van der Waals surface area contributed by atoms with E-state index in [1.165, 1.54) is 0 Å². The van der Waals surface area contributed by atoms with Crippen molar-refractivity contribution >= 4 is 0 Å². The van der Waals surface area contributed by atoms with Crippen molar-refractivity contribution in [2.45, 2.75) is 50.5 Å². The summed E-state index contributed by atoms with van der Waals surface area (Å²) in [5, 5.41) is 13.7. The first-order valence-electron chi connectivity index (χ1n) is 6.89. The number of hydrogen-bond donors (Lipinski definition) is 1. The van der Waals surface area contributed by atoms with Gasteiger partial charge in [-0.1, -0.05) is 11.6 Å². The van der Waals surface area contributed by atoms with Crippen molar-refractivity contribution < 1.29 is 14.4 Å². The van der Waals surface area contributed by atoms with Gasteiger partial charge < -0.3 is 14.4 Å². The molecule has 1 N–H and O–H groups in total. The van der Waals surface area contributed by atoms with Gasteiger partial charge in [0.1, 0.15) is 0 Å². The molecule has 0 aromatic carbocycles. The van der Waals surface area contributed by atoms with Crippen molar-refractivity contribution in [3.63, 3.8) is 0 Å². The van der Waals surface area contributed by atoms with Crippen molar-refractivity contribution in [3.8, 4) is 0 Å². The van der Waals surface area contributed by atoms with Crippen LogP contribution in [0.5, 0.6) is 0 Å². The Kier molecular flexibility index (Phi) is 3.61. The lowest BCUT2D eigenvalue weighted by atomic mass is 9.87. The summed E-state index contributed by atoms with van der Waals surface area (Å²) in [5.41, 5.74) is 0. The third-order valence-corrected chi connectivity index (χ3v) is 3.97. The van der Waals surface area contributed by atoms with Crippen molar-refractivity contribution in [2.24, 2.45) is 5.92 Å². The maximum absolute atomic E-state index is 9.67. The Morgan fingerprint density at radius 1 is 1.28 bits per heavy atom. The van der Waals surface area contributed by atoms with Crippen LogP contribution >= 0.6 is 0 Å². The number of nitrogens with zero attached hydrogens (tertiary/aromatic N) is 2. The van der Waals surface area contributed by atoms with Crippen molar-refractivity contribution in [1.29, 1.82) is 0 Å². The van der Waals surface area contributed by atoms with E-state index < -0.39 is 0 Å². The lowest BCUT2D eigenvalue weighted by molar-refractivity contribution is 0.111. The predicted octanol–water partition coefficient (Wildman–Crippen LogP) is 1.67. The minimum absolute atomic E-state index is 0.206. The first-order valence-corrected chi connectivity index (χ1v) is 6.89. The SMILES string of the molecule is OC1CCCC(c2nc(CC3CCOC3)no2)C1. The van der Waals surface area contributed by atoms with Crippen LogP contribution in [0.2, 0.25) is 0 Å². The summed E-state index contributed by atoms with van der Waals surface area (Å²) in [4.78, 5) is 4.49. The second-order valence-corrected chi connectivity index (χ2v) is 5.50. The van der Waals surface area contributed by atoms with E-state index in [2.05, 4.69) is 10.1 Å². The van der Waals surface area contributed by atoms with Crippen LogP contribution in [0, 0.1) is 5.92 Å². The molecule has 1 saturated carbocycles. The molecule has 0 amide bonds. The minimum atomic E-state index is -0.206. The molecular formula is C13H20N2O3. The number of aliphatic hydroxyl groups is 1. The molecule has 2 aliphatic rings. The molecule has 2 heterocycles. The molecule has 1 aromatic rings. The molecular weight excluding hydrogens is 232 g/mol. The summed E-state index contributed by atoms with van der Waals surface area (Å²) in [5.74, 6) is 2.28. The Morgan fingerprint density at radius 3 is 3.00 bits per heavy atom. The van der Waals surface area contributed by atoms with E-state index in [1.54, 1.807) is 0 Å². The van der Waals surface area contributed by atoms with Gasteiger partial charge in [-0.2, -0.15) is 4.98 Å². The molecule has 3 unspecified atom stereocenters. The zero-order valence-corrected chi connectivity index (χ0v) is 10.5. The molecule has 5 nitrogen and oxygen atoms in total. The van der Waals surface area contributed by atoms with Gasteiger partial charge in [-0.25, -0.2) is 0 Å². The average molecular weight is 252 g/mol. The Bertz CT molecular complexity index is 387. The van der Waals surface area contributed by atoms with Gasteiger partial charge in [0.2, 0.25) is 5.89 Å². The maximum Gasteiger partial charge on any atom is 0.229 e. The Morgan fingerprint density at radius 2 is 2.22 bits per heavy atom. The van der Waals surface area contributed by atoms with E-state index >= 15 is 0 Å². The molecule has 5 heteroatoms. The molecule has 3 atom stereocenters. The van der Waals surface area contributed by atoms with Gasteiger partial charge >= 0.3 is 0 Å². The fourth-order valence-electron chi connectivity index (χ4n) is 2.91. The first kappa shape index (κ1) is 12.1. The van der Waals surface area contributed by atoms with Gasteiger partial charge in [-0.05, 0) is 31.6 Å². The van der Waals surface area contributed by atoms with Crippen LogP contribution in [-0.4, -0.2) is 34.6 Å². The summed E-state index contributed by atoms with van der Waals surface area (Å²) in [7, 11) is 0. The maximum atomic E-state index is 9.67. The van der Waals surface area contributed by atoms with E-state index in [-0.39, 0.29) is 12.0 Å². The first-order chi connectivity index (χ1) is 8.81. The highest BCUT2D eigenvalue weighted by molar-refractivity contribution is 4.97. The Balaban J connectivity index is 1.61. The summed E-state index contributed by atoms with van der Waals surface area (Å²) in [6.45, 7) is 1.66. The summed E-state index contributed by atoms with van der Waals surface area (Å²) in [6, 6.07) is 0. The van der Waals surface area contributed by atoms with Crippen LogP contribution in [0.3, 0.4) is 0 Å². The third kappa shape index (κ3) is 2.72. The Hall–Kier alpha value is -0.940. The van der Waals surface area contributed by atoms with Gasteiger partial charge in [-0.3, -0.25) is 0 Å². The second-order valence-electron chi connectivity index (χ2n) is 5.50. The molecule has 1 aromatic heterocycles. The van der Waals surface area contributed by atoms with Crippen LogP contribution in [0.1, 0.15) is 49.7 Å². The van der Waals surface area contributed by atoms with Crippen LogP contribution in [0.25, 0.3) is 0 Å². The summed E-state index contributed by atoms with van der Waals surface area (Å²) in [6.07, 6.45) is 5.48. The van der Waals surface area contributed by atoms with Gasteiger partial charge in [0.25, 0.3) is 0 Å². The van der Waals surface area contributed by atoms with Gasteiger partial charge in [0.05, 0.1) is 6.10 Å². The fraction of sp³-hybridized carbons (Fsp3) is 0.846. The highest BCUT2D eigenvalue weighted by atomic mass is 16.5. The highest BCUT2D eigenvalue weighted by Gasteiger charge is 2.27. The zero-order chi connectivity index (χ0) is 12.4. The predicted molar refractivity (Wildman–Crippen MR) is 64.1 cm³/mol. The number of ether oxygens (including phenoxy) is 1. The molecule has 0 bridgehead atoms. The molecule has 18 heavy (non-hydrogen) atoms. The van der Waals surface area contributed by atoms with Crippen molar-refractivity contribution in [2.75, 3.05) is 13.2 Å². The smallest absolute Gasteiger partial charge is 0.229 e. The molecule has 0 spiro atoms. The lowest BCUT2D eigenvalue weighted by Crippen LogP contribution is -2.18. The standard InChI is InChI=1S/C13H20N2O3/c16-11-3-1-2-10(7-11)13-14-12(15-18-13)6-9-4-5-17-8-9/h9-11,16H,1-8H2. The average Bonchev–Trinajstić information content (AvgIpc) is 3.01. The molecule has 1 aliphatic carbocycles. The number of aromatic nitrogens is 2. The fourth-order valence-corrected chi connectivity index (χ4v) is 2.91. The van der Waals surface area contributed by atoms with E-state index in [0.717, 1.165) is 57.6 Å². The van der Waals surface area contributed by atoms with Gasteiger partial charge in [0, 0.05) is 25.6 Å². The van der Waals surface area contributed by atoms with E-state index in [1.807, 2.05) is 0 Å². The summed E-state index contributed by atoms with van der Waals surface area (Å²) < 4.78 is 10.7. The highest BCUT2D eigenvalue weighted by Crippen LogP contribution is 2.32. The van der Waals surface area contributed by atoms with Crippen molar-refractivity contribution in [3.05, 3.63) is 11.7 Å².